The standard InChI is InChI=1S/C7H7ClN4S/c8-1-6-3-13-7(11-6)2-12-5-9-4-10-12/h3-5H,1-2H2. The monoisotopic (exact) mass is 214 g/mol. The molecular formula is C7H7ClN4S. The number of rotatable bonds is 3. The number of thiazole rings is 1. The van der Waals surface area contributed by atoms with Gasteiger partial charge in [-0.1, -0.05) is 0 Å². The largest absolute Gasteiger partial charge is 0.246 e. The molecular weight excluding hydrogens is 208 g/mol. The van der Waals surface area contributed by atoms with E-state index in [0.717, 1.165) is 10.7 Å². The number of alkyl halides is 1. The molecule has 4 nitrogen and oxygen atoms in total. The summed E-state index contributed by atoms with van der Waals surface area (Å²) in [7, 11) is 0. The van der Waals surface area contributed by atoms with E-state index in [1.807, 2.05) is 5.38 Å². The second-order valence-electron chi connectivity index (χ2n) is 2.46. The normalized spacial score (nSPS) is 10.5. The Balaban J connectivity index is 2.10. The van der Waals surface area contributed by atoms with Crippen molar-refractivity contribution in [3.05, 3.63) is 28.7 Å². The molecule has 0 unspecified atom stereocenters. The van der Waals surface area contributed by atoms with Gasteiger partial charge >= 0.3 is 0 Å². The third-order valence-corrected chi connectivity index (χ3v) is 2.66. The van der Waals surface area contributed by atoms with Gasteiger partial charge in [0.25, 0.3) is 0 Å². The minimum absolute atomic E-state index is 0.466. The Morgan fingerprint density at radius 3 is 3.08 bits per heavy atom. The van der Waals surface area contributed by atoms with E-state index in [0.29, 0.717) is 12.4 Å². The van der Waals surface area contributed by atoms with Crippen molar-refractivity contribution in [2.24, 2.45) is 0 Å². The van der Waals surface area contributed by atoms with Crippen molar-refractivity contribution >= 4 is 22.9 Å². The van der Waals surface area contributed by atoms with E-state index < -0.39 is 0 Å². The van der Waals surface area contributed by atoms with E-state index in [2.05, 4.69) is 15.1 Å². The zero-order valence-corrected chi connectivity index (χ0v) is 8.29. The molecule has 0 spiro atoms. The van der Waals surface area contributed by atoms with Crippen LogP contribution in [-0.4, -0.2) is 19.7 Å². The second kappa shape index (κ2) is 3.85. The summed E-state index contributed by atoms with van der Waals surface area (Å²) >= 11 is 7.22. The number of nitrogens with zero attached hydrogens (tertiary/aromatic N) is 4. The van der Waals surface area contributed by atoms with Crippen molar-refractivity contribution in [1.29, 1.82) is 0 Å². The van der Waals surface area contributed by atoms with Crippen LogP contribution in [0.2, 0.25) is 0 Å². The molecule has 0 aliphatic heterocycles. The van der Waals surface area contributed by atoms with Gasteiger partial charge in [-0.3, -0.25) is 0 Å². The molecule has 0 saturated heterocycles. The Morgan fingerprint density at radius 2 is 2.46 bits per heavy atom. The van der Waals surface area contributed by atoms with Gasteiger partial charge in [0, 0.05) is 5.38 Å². The Bertz CT molecular complexity index is 370. The summed E-state index contributed by atoms with van der Waals surface area (Å²) in [5.41, 5.74) is 0.918. The van der Waals surface area contributed by atoms with Crippen LogP contribution < -0.4 is 0 Å². The molecule has 13 heavy (non-hydrogen) atoms. The Hall–Kier alpha value is -0.940. The summed E-state index contributed by atoms with van der Waals surface area (Å²) in [4.78, 5) is 8.15. The Morgan fingerprint density at radius 1 is 1.54 bits per heavy atom. The number of aromatic nitrogens is 4. The van der Waals surface area contributed by atoms with Gasteiger partial charge in [-0.15, -0.1) is 22.9 Å². The van der Waals surface area contributed by atoms with Gasteiger partial charge in [0.05, 0.1) is 18.1 Å². The van der Waals surface area contributed by atoms with Gasteiger partial charge in [-0.25, -0.2) is 14.6 Å². The molecule has 0 aliphatic rings. The molecule has 0 fully saturated rings. The molecule has 2 aromatic heterocycles. The highest BCUT2D eigenvalue weighted by Gasteiger charge is 2.01. The quantitative estimate of drug-likeness (QED) is 0.728. The zero-order chi connectivity index (χ0) is 9.10. The molecule has 0 aromatic carbocycles. The van der Waals surface area contributed by atoms with E-state index in [1.165, 1.54) is 6.33 Å². The van der Waals surface area contributed by atoms with Gasteiger partial charge in [0.1, 0.15) is 17.7 Å². The summed E-state index contributed by atoms with van der Waals surface area (Å²) in [6, 6.07) is 0. The van der Waals surface area contributed by atoms with Crippen LogP contribution in [0.4, 0.5) is 0 Å². The SMILES string of the molecule is ClCc1csc(Cn2cncn2)n1. The topological polar surface area (TPSA) is 43.6 Å². The highest BCUT2D eigenvalue weighted by Crippen LogP contribution is 2.12. The molecule has 0 atom stereocenters. The third-order valence-electron chi connectivity index (χ3n) is 1.50. The van der Waals surface area contributed by atoms with Crippen molar-refractivity contribution in [3.8, 4) is 0 Å². The summed E-state index contributed by atoms with van der Waals surface area (Å²) in [6.45, 7) is 0.668. The molecule has 2 rings (SSSR count). The van der Waals surface area contributed by atoms with Crippen LogP contribution in [0.3, 0.4) is 0 Å². The first-order valence-electron chi connectivity index (χ1n) is 3.70. The smallest absolute Gasteiger partial charge is 0.137 e. The van der Waals surface area contributed by atoms with Crippen LogP contribution in [0.15, 0.2) is 18.0 Å². The molecule has 6 heteroatoms. The maximum atomic E-state index is 5.63. The first kappa shape index (κ1) is 8.65. The van der Waals surface area contributed by atoms with E-state index >= 15 is 0 Å². The first-order chi connectivity index (χ1) is 6.38. The van der Waals surface area contributed by atoms with Gasteiger partial charge in [-0.05, 0) is 0 Å². The third kappa shape index (κ3) is 2.05. The molecule has 0 bridgehead atoms. The predicted molar refractivity (Wildman–Crippen MR) is 50.8 cm³/mol. The van der Waals surface area contributed by atoms with Crippen LogP contribution in [-0.2, 0) is 12.4 Å². The summed E-state index contributed by atoms with van der Waals surface area (Å²) < 4.78 is 1.73. The average Bonchev–Trinajstić information content (AvgIpc) is 2.76. The zero-order valence-electron chi connectivity index (χ0n) is 6.72. The first-order valence-corrected chi connectivity index (χ1v) is 5.11. The summed E-state index contributed by atoms with van der Waals surface area (Å²) in [6.07, 6.45) is 3.18. The van der Waals surface area contributed by atoms with Crippen LogP contribution in [0.5, 0.6) is 0 Å². The molecule has 68 valence electrons. The van der Waals surface area contributed by atoms with Gasteiger partial charge in [0.15, 0.2) is 0 Å². The van der Waals surface area contributed by atoms with Crippen molar-refractivity contribution in [1.82, 2.24) is 19.7 Å². The number of hydrogen-bond acceptors (Lipinski definition) is 4. The highest BCUT2D eigenvalue weighted by molar-refractivity contribution is 7.09. The average molecular weight is 215 g/mol. The molecule has 2 aromatic rings. The van der Waals surface area contributed by atoms with Crippen molar-refractivity contribution < 1.29 is 0 Å². The highest BCUT2D eigenvalue weighted by atomic mass is 35.5. The van der Waals surface area contributed by atoms with Crippen molar-refractivity contribution in [2.45, 2.75) is 12.4 Å². The minimum atomic E-state index is 0.466. The number of hydrogen-bond donors (Lipinski definition) is 0. The fourth-order valence-electron chi connectivity index (χ4n) is 0.936. The van der Waals surface area contributed by atoms with Gasteiger partial charge in [-0.2, -0.15) is 5.10 Å². The van der Waals surface area contributed by atoms with Crippen LogP contribution in [0.1, 0.15) is 10.7 Å². The maximum absolute atomic E-state index is 5.63. The molecule has 0 N–H and O–H groups in total. The van der Waals surface area contributed by atoms with Crippen molar-refractivity contribution in [3.63, 3.8) is 0 Å². The maximum Gasteiger partial charge on any atom is 0.137 e. The fraction of sp³-hybridized carbons (Fsp3) is 0.286. The molecule has 0 radical (unpaired) electrons. The molecule has 0 saturated carbocycles. The lowest BCUT2D eigenvalue weighted by molar-refractivity contribution is 0.680. The van der Waals surface area contributed by atoms with Crippen LogP contribution in [0, 0.1) is 0 Å². The minimum Gasteiger partial charge on any atom is -0.246 e. The van der Waals surface area contributed by atoms with Crippen LogP contribution >= 0.6 is 22.9 Å². The van der Waals surface area contributed by atoms with Crippen LogP contribution in [0.25, 0.3) is 0 Å². The van der Waals surface area contributed by atoms with E-state index in [9.17, 15) is 0 Å². The Kier molecular flexibility index (Phi) is 2.56. The van der Waals surface area contributed by atoms with Gasteiger partial charge in [0.2, 0.25) is 0 Å². The molecule has 2 heterocycles. The van der Waals surface area contributed by atoms with Gasteiger partial charge < -0.3 is 0 Å². The summed E-state index contributed by atoms with van der Waals surface area (Å²) in [5.74, 6) is 0.466. The predicted octanol–water partition coefficient (Wildman–Crippen LogP) is 1.52. The van der Waals surface area contributed by atoms with E-state index in [4.69, 9.17) is 11.6 Å². The fourth-order valence-corrected chi connectivity index (χ4v) is 1.95. The second-order valence-corrected chi connectivity index (χ2v) is 3.67. The Labute approximate surface area is 84.2 Å². The lowest BCUT2D eigenvalue weighted by Gasteiger charge is -1.93. The number of halogens is 1. The van der Waals surface area contributed by atoms with E-state index in [1.54, 1.807) is 22.3 Å². The van der Waals surface area contributed by atoms with E-state index in [-0.39, 0.29) is 0 Å². The van der Waals surface area contributed by atoms with Crippen molar-refractivity contribution in [2.75, 3.05) is 0 Å². The summed E-state index contributed by atoms with van der Waals surface area (Å²) in [5, 5.41) is 6.94. The molecule has 0 aliphatic carbocycles. The lowest BCUT2D eigenvalue weighted by atomic mass is 10.6. The lowest BCUT2D eigenvalue weighted by Crippen LogP contribution is -1.99. The molecule has 0 amide bonds.